The number of anilines is 2. The Morgan fingerprint density at radius 2 is 1.97 bits per heavy atom. The highest BCUT2D eigenvalue weighted by Crippen LogP contribution is 2.22. The van der Waals surface area contributed by atoms with Gasteiger partial charge in [-0.2, -0.15) is 0 Å². The van der Waals surface area contributed by atoms with Crippen LogP contribution in [0.15, 0.2) is 53.5 Å². The van der Waals surface area contributed by atoms with Crippen molar-refractivity contribution in [3.05, 3.63) is 54.1 Å². The number of guanidine groups is 1. The minimum atomic E-state index is -0.177. The number of hydrogen-bond donors (Lipinski definition) is 3. The Labute approximate surface area is 171 Å². The van der Waals surface area contributed by atoms with Crippen molar-refractivity contribution in [1.82, 2.24) is 10.6 Å². The fourth-order valence-corrected chi connectivity index (χ4v) is 2.77. The summed E-state index contributed by atoms with van der Waals surface area (Å²) < 4.78 is 11.2. The number of benzene rings is 2. The molecule has 0 radical (unpaired) electrons. The van der Waals surface area contributed by atoms with E-state index in [1.807, 2.05) is 50.2 Å². The van der Waals surface area contributed by atoms with Crippen LogP contribution in [-0.2, 0) is 4.74 Å². The van der Waals surface area contributed by atoms with Crippen molar-refractivity contribution >= 4 is 23.2 Å². The number of carbonyl (C=O) groups is 1. The molecule has 3 N–H and O–H groups in total. The molecule has 0 aromatic heterocycles. The van der Waals surface area contributed by atoms with Crippen molar-refractivity contribution in [3.8, 4) is 5.75 Å². The van der Waals surface area contributed by atoms with E-state index in [4.69, 9.17) is 9.47 Å². The molecule has 0 aliphatic carbocycles. The lowest BCUT2D eigenvalue weighted by atomic mass is 10.2. The van der Waals surface area contributed by atoms with Gasteiger partial charge in [-0.25, -0.2) is 0 Å². The minimum Gasteiger partial charge on any atom is -0.491 e. The van der Waals surface area contributed by atoms with Crippen molar-refractivity contribution in [2.24, 2.45) is 4.99 Å². The predicted molar refractivity (Wildman–Crippen MR) is 115 cm³/mol. The lowest BCUT2D eigenvalue weighted by Gasteiger charge is -2.15. The second-order valence-corrected chi connectivity index (χ2v) is 6.96. The van der Waals surface area contributed by atoms with Crippen molar-refractivity contribution in [3.63, 3.8) is 0 Å². The SMILES string of the molecule is CC(C)OCCOc1cccc(Nc2ccc(C(=O)NC3=NCCCN3)cc2)c1. The molecule has 0 saturated carbocycles. The van der Waals surface area contributed by atoms with E-state index < -0.39 is 0 Å². The quantitative estimate of drug-likeness (QED) is 0.596. The minimum absolute atomic E-state index is 0.177. The Morgan fingerprint density at radius 1 is 1.14 bits per heavy atom. The van der Waals surface area contributed by atoms with Gasteiger partial charge in [0.25, 0.3) is 5.91 Å². The lowest BCUT2D eigenvalue weighted by Crippen LogP contribution is -2.43. The topological polar surface area (TPSA) is 84.0 Å². The maximum Gasteiger partial charge on any atom is 0.257 e. The molecule has 1 aliphatic heterocycles. The molecule has 7 nitrogen and oxygen atoms in total. The van der Waals surface area contributed by atoms with E-state index in [1.54, 1.807) is 12.1 Å². The summed E-state index contributed by atoms with van der Waals surface area (Å²) in [5, 5.41) is 9.20. The fourth-order valence-electron chi connectivity index (χ4n) is 2.77. The summed E-state index contributed by atoms with van der Waals surface area (Å²) in [5.74, 6) is 1.14. The molecule has 0 fully saturated rings. The first-order valence-corrected chi connectivity index (χ1v) is 9.91. The van der Waals surface area contributed by atoms with E-state index in [1.165, 1.54) is 0 Å². The van der Waals surface area contributed by atoms with Gasteiger partial charge >= 0.3 is 0 Å². The smallest absolute Gasteiger partial charge is 0.257 e. The van der Waals surface area contributed by atoms with Crippen LogP contribution in [0.3, 0.4) is 0 Å². The number of amides is 1. The largest absolute Gasteiger partial charge is 0.491 e. The highest BCUT2D eigenvalue weighted by atomic mass is 16.5. The van der Waals surface area contributed by atoms with Gasteiger partial charge in [0, 0.05) is 36.1 Å². The van der Waals surface area contributed by atoms with E-state index in [9.17, 15) is 4.79 Å². The van der Waals surface area contributed by atoms with Crippen molar-refractivity contribution in [2.75, 3.05) is 31.6 Å². The van der Waals surface area contributed by atoms with Gasteiger partial charge in [0.1, 0.15) is 12.4 Å². The number of nitrogens with one attached hydrogen (secondary N) is 3. The molecule has 7 heteroatoms. The molecule has 1 aliphatic rings. The zero-order valence-electron chi connectivity index (χ0n) is 16.9. The number of aliphatic imine (C=N–C) groups is 1. The van der Waals surface area contributed by atoms with E-state index in [2.05, 4.69) is 20.9 Å². The molecular formula is C22H28N4O3. The summed E-state index contributed by atoms with van der Waals surface area (Å²) in [6.45, 7) is 6.63. The molecule has 154 valence electrons. The monoisotopic (exact) mass is 396 g/mol. The third-order valence-corrected chi connectivity index (χ3v) is 4.20. The molecule has 29 heavy (non-hydrogen) atoms. The highest BCUT2D eigenvalue weighted by Gasteiger charge is 2.10. The van der Waals surface area contributed by atoms with Gasteiger partial charge in [0.05, 0.1) is 12.7 Å². The van der Waals surface area contributed by atoms with E-state index in [0.29, 0.717) is 24.7 Å². The van der Waals surface area contributed by atoms with Gasteiger partial charge in [-0.15, -0.1) is 0 Å². The third-order valence-electron chi connectivity index (χ3n) is 4.20. The molecule has 0 unspecified atom stereocenters. The number of nitrogens with zero attached hydrogens (tertiary/aromatic N) is 1. The van der Waals surface area contributed by atoms with Crippen LogP contribution in [0, 0.1) is 0 Å². The molecule has 0 saturated heterocycles. The average Bonchev–Trinajstić information content (AvgIpc) is 2.73. The summed E-state index contributed by atoms with van der Waals surface area (Å²) in [5.41, 5.74) is 2.37. The number of hydrogen-bond acceptors (Lipinski definition) is 6. The van der Waals surface area contributed by atoms with Crippen molar-refractivity contribution in [1.29, 1.82) is 0 Å². The van der Waals surface area contributed by atoms with Crippen LogP contribution < -0.4 is 20.7 Å². The molecule has 0 bridgehead atoms. The van der Waals surface area contributed by atoms with Crippen LogP contribution in [0.2, 0.25) is 0 Å². The first-order chi connectivity index (χ1) is 14.1. The summed E-state index contributed by atoms with van der Waals surface area (Å²) in [4.78, 5) is 16.6. The maximum atomic E-state index is 12.3. The summed E-state index contributed by atoms with van der Waals surface area (Å²) >= 11 is 0. The molecule has 3 rings (SSSR count). The van der Waals surface area contributed by atoms with Crippen LogP contribution in [0.4, 0.5) is 11.4 Å². The van der Waals surface area contributed by atoms with Gasteiger partial charge in [0.2, 0.25) is 0 Å². The molecule has 0 spiro atoms. The summed E-state index contributed by atoms with van der Waals surface area (Å²) in [7, 11) is 0. The van der Waals surface area contributed by atoms with Crippen LogP contribution in [0.25, 0.3) is 0 Å². The van der Waals surface area contributed by atoms with Gasteiger partial charge in [0.15, 0.2) is 5.96 Å². The van der Waals surface area contributed by atoms with Crippen LogP contribution >= 0.6 is 0 Å². The highest BCUT2D eigenvalue weighted by molar-refractivity contribution is 6.05. The number of rotatable bonds is 8. The predicted octanol–water partition coefficient (Wildman–Crippen LogP) is 3.31. The zero-order chi connectivity index (χ0) is 20.5. The fraction of sp³-hybridized carbons (Fsp3) is 0.364. The van der Waals surface area contributed by atoms with Crippen molar-refractivity contribution in [2.45, 2.75) is 26.4 Å². The molecule has 1 heterocycles. The zero-order valence-corrected chi connectivity index (χ0v) is 16.9. The van der Waals surface area contributed by atoms with E-state index in [0.717, 1.165) is 36.6 Å². The maximum absolute atomic E-state index is 12.3. The number of carbonyl (C=O) groups excluding carboxylic acids is 1. The molecule has 1 amide bonds. The van der Waals surface area contributed by atoms with Crippen LogP contribution in [-0.4, -0.2) is 44.3 Å². The van der Waals surface area contributed by atoms with Crippen molar-refractivity contribution < 1.29 is 14.3 Å². The standard InChI is InChI=1S/C22H28N4O3/c1-16(2)28-13-14-29-20-6-3-5-19(15-20)25-18-9-7-17(8-10-18)21(27)26-22-23-11-4-12-24-22/h3,5-10,15-16,25H,4,11-14H2,1-2H3,(H2,23,24,26,27). The average molecular weight is 396 g/mol. The van der Waals surface area contributed by atoms with Gasteiger partial charge in [-0.05, 0) is 56.7 Å². The first kappa shape index (κ1) is 20.7. The van der Waals surface area contributed by atoms with Crippen LogP contribution in [0.5, 0.6) is 5.75 Å². The van der Waals surface area contributed by atoms with Gasteiger partial charge in [-0.3, -0.25) is 15.1 Å². The van der Waals surface area contributed by atoms with Crippen LogP contribution in [0.1, 0.15) is 30.6 Å². The summed E-state index contributed by atoms with van der Waals surface area (Å²) in [6.07, 6.45) is 1.18. The molecule has 2 aromatic rings. The second-order valence-electron chi connectivity index (χ2n) is 6.96. The first-order valence-electron chi connectivity index (χ1n) is 9.91. The molecular weight excluding hydrogens is 368 g/mol. The summed E-state index contributed by atoms with van der Waals surface area (Å²) in [6, 6.07) is 15.0. The Morgan fingerprint density at radius 3 is 2.69 bits per heavy atom. The molecule has 2 aromatic carbocycles. The van der Waals surface area contributed by atoms with Gasteiger partial charge < -0.3 is 20.1 Å². The normalized spacial score (nSPS) is 13.4. The number of ether oxygens (including phenoxy) is 2. The van der Waals surface area contributed by atoms with E-state index in [-0.39, 0.29) is 12.0 Å². The second kappa shape index (κ2) is 10.5. The van der Waals surface area contributed by atoms with Gasteiger partial charge in [-0.1, -0.05) is 6.07 Å². The Kier molecular flexibility index (Phi) is 7.47. The lowest BCUT2D eigenvalue weighted by molar-refractivity contribution is 0.0553. The van der Waals surface area contributed by atoms with E-state index >= 15 is 0 Å². The third kappa shape index (κ3) is 6.80. The Balaban J connectivity index is 1.53. The molecule has 0 atom stereocenters. The Hall–Kier alpha value is -3.06. The Bertz CT molecular complexity index is 834.